The van der Waals surface area contributed by atoms with E-state index in [1.165, 1.54) is 4.52 Å². The molecule has 0 aliphatic carbocycles. The molecule has 0 saturated carbocycles. The van der Waals surface area contributed by atoms with E-state index in [-0.39, 0.29) is 5.95 Å². The van der Waals surface area contributed by atoms with E-state index in [9.17, 15) is 0 Å². The zero-order valence-electron chi connectivity index (χ0n) is 11.0. The lowest BCUT2D eigenvalue weighted by molar-refractivity contribution is 0.579. The largest absolute Gasteiger partial charge is 0.463 e. The number of anilines is 1. The molecule has 0 atom stereocenters. The Morgan fingerprint density at radius 1 is 1.24 bits per heavy atom. The Balaban J connectivity index is 1.89. The number of aromatic nitrogens is 5. The molecule has 4 aromatic rings. The summed E-state index contributed by atoms with van der Waals surface area (Å²) in [7, 11) is 0. The number of rotatable bonds is 2. The van der Waals surface area contributed by atoms with Gasteiger partial charge in [0.15, 0.2) is 17.2 Å². The number of hydrogen-bond donors (Lipinski definition) is 1. The molecular formula is C13H10N6OS. The SMILES string of the molecule is Cc1nc(-c2nc(N)n3nc(-c4ccco4)cc3n2)cs1. The van der Waals surface area contributed by atoms with Crippen LogP contribution in [0.4, 0.5) is 5.95 Å². The lowest BCUT2D eigenvalue weighted by atomic mass is 10.3. The van der Waals surface area contributed by atoms with Crippen molar-refractivity contribution in [3.05, 3.63) is 34.8 Å². The second-order valence-corrected chi connectivity index (χ2v) is 5.50. The van der Waals surface area contributed by atoms with Crippen LogP contribution in [0.1, 0.15) is 5.01 Å². The van der Waals surface area contributed by atoms with E-state index in [4.69, 9.17) is 10.2 Å². The highest BCUT2D eigenvalue weighted by atomic mass is 32.1. The minimum Gasteiger partial charge on any atom is -0.463 e. The van der Waals surface area contributed by atoms with Crippen LogP contribution < -0.4 is 5.73 Å². The van der Waals surface area contributed by atoms with Crippen molar-refractivity contribution in [3.63, 3.8) is 0 Å². The van der Waals surface area contributed by atoms with Crippen molar-refractivity contribution in [1.29, 1.82) is 0 Å². The molecule has 21 heavy (non-hydrogen) atoms. The second-order valence-electron chi connectivity index (χ2n) is 4.43. The Morgan fingerprint density at radius 2 is 2.14 bits per heavy atom. The molecule has 4 rings (SSSR count). The zero-order chi connectivity index (χ0) is 14.4. The topological polar surface area (TPSA) is 95.1 Å². The van der Waals surface area contributed by atoms with E-state index < -0.39 is 0 Å². The Hall–Kier alpha value is -2.74. The molecule has 0 saturated heterocycles. The highest BCUT2D eigenvalue weighted by Gasteiger charge is 2.14. The number of nitrogens with zero attached hydrogens (tertiary/aromatic N) is 5. The minimum absolute atomic E-state index is 0.262. The van der Waals surface area contributed by atoms with Crippen LogP contribution in [-0.2, 0) is 0 Å². The summed E-state index contributed by atoms with van der Waals surface area (Å²) in [5.74, 6) is 1.42. The van der Waals surface area contributed by atoms with Gasteiger partial charge in [-0.2, -0.15) is 14.6 Å². The monoisotopic (exact) mass is 298 g/mol. The average molecular weight is 298 g/mol. The summed E-state index contributed by atoms with van der Waals surface area (Å²) in [6.07, 6.45) is 1.60. The lowest BCUT2D eigenvalue weighted by Crippen LogP contribution is -2.05. The molecule has 104 valence electrons. The lowest BCUT2D eigenvalue weighted by Gasteiger charge is -2.00. The fourth-order valence-electron chi connectivity index (χ4n) is 2.03. The Bertz CT molecular complexity index is 924. The van der Waals surface area contributed by atoms with Crippen LogP contribution in [0, 0.1) is 6.92 Å². The van der Waals surface area contributed by atoms with Gasteiger partial charge < -0.3 is 10.2 Å². The number of thiazole rings is 1. The Labute approximate surface area is 123 Å². The van der Waals surface area contributed by atoms with Gasteiger partial charge in [-0.1, -0.05) is 0 Å². The molecule has 8 heteroatoms. The van der Waals surface area contributed by atoms with Gasteiger partial charge >= 0.3 is 0 Å². The molecule has 4 heterocycles. The fraction of sp³-hybridized carbons (Fsp3) is 0.0769. The van der Waals surface area contributed by atoms with Gasteiger partial charge in [0.05, 0.1) is 11.3 Å². The van der Waals surface area contributed by atoms with Crippen molar-refractivity contribution >= 4 is 22.9 Å². The summed E-state index contributed by atoms with van der Waals surface area (Å²) in [4.78, 5) is 13.1. The van der Waals surface area contributed by atoms with Gasteiger partial charge in [0.2, 0.25) is 5.95 Å². The maximum Gasteiger partial charge on any atom is 0.225 e. The predicted molar refractivity (Wildman–Crippen MR) is 78.7 cm³/mol. The van der Waals surface area contributed by atoms with E-state index >= 15 is 0 Å². The highest BCUT2D eigenvalue weighted by molar-refractivity contribution is 7.09. The Kier molecular flexibility index (Phi) is 2.51. The van der Waals surface area contributed by atoms with Gasteiger partial charge in [0.1, 0.15) is 11.4 Å². The maximum absolute atomic E-state index is 5.96. The minimum atomic E-state index is 0.262. The van der Waals surface area contributed by atoms with Crippen molar-refractivity contribution in [3.8, 4) is 23.0 Å². The molecular weight excluding hydrogens is 288 g/mol. The second kappa shape index (κ2) is 4.38. The first-order valence-corrected chi connectivity index (χ1v) is 7.08. The van der Waals surface area contributed by atoms with Crippen molar-refractivity contribution in [2.24, 2.45) is 0 Å². The molecule has 0 aliphatic heterocycles. The molecule has 0 unspecified atom stereocenters. The van der Waals surface area contributed by atoms with Gasteiger partial charge in [0, 0.05) is 11.4 Å². The first kappa shape index (κ1) is 12.0. The van der Waals surface area contributed by atoms with Gasteiger partial charge in [-0.15, -0.1) is 11.3 Å². The van der Waals surface area contributed by atoms with Crippen LogP contribution >= 0.6 is 11.3 Å². The number of nitrogen functional groups attached to an aromatic ring is 1. The van der Waals surface area contributed by atoms with E-state index in [0.29, 0.717) is 28.6 Å². The molecule has 2 N–H and O–H groups in total. The third-order valence-corrected chi connectivity index (χ3v) is 3.74. The molecule has 0 fully saturated rings. The molecule has 0 radical (unpaired) electrons. The molecule has 7 nitrogen and oxygen atoms in total. The number of nitrogens with two attached hydrogens (primary N) is 1. The number of aryl methyl sites for hydroxylation is 1. The van der Waals surface area contributed by atoms with Gasteiger partial charge in [0.25, 0.3) is 0 Å². The summed E-state index contributed by atoms with van der Waals surface area (Å²) in [6, 6.07) is 5.44. The molecule has 0 spiro atoms. The summed E-state index contributed by atoms with van der Waals surface area (Å²) in [5.41, 5.74) is 7.94. The van der Waals surface area contributed by atoms with Crippen LogP contribution in [-0.4, -0.2) is 24.6 Å². The third kappa shape index (κ3) is 1.96. The fourth-order valence-corrected chi connectivity index (χ4v) is 2.63. The first-order valence-electron chi connectivity index (χ1n) is 6.20. The normalized spacial score (nSPS) is 11.3. The van der Waals surface area contributed by atoms with Crippen LogP contribution in [0.3, 0.4) is 0 Å². The van der Waals surface area contributed by atoms with Crippen LogP contribution in [0.5, 0.6) is 0 Å². The smallest absolute Gasteiger partial charge is 0.225 e. The van der Waals surface area contributed by atoms with E-state index in [2.05, 4.69) is 20.1 Å². The van der Waals surface area contributed by atoms with Gasteiger partial charge in [-0.05, 0) is 19.1 Å². The molecule has 0 amide bonds. The molecule has 4 aromatic heterocycles. The zero-order valence-corrected chi connectivity index (χ0v) is 11.8. The van der Waals surface area contributed by atoms with Crippen molar-refractivity contribution in [1.82, 2.24) is 24.6 Å². The van der Waals surface area contributed by atoms with Crippen molar-refractivity contribution in [2.75, 3.05) is 5.73 Å². The summed E-state index contributed by atoms with van der Waals surface area (Å²) in [5, 5.41) is 7.21. The predicted octanol–water partition coefficient (Wildman–Crippen LogP) is 2.40. The van der Waals surface area contributed by atoms with Crippen molar-refractivity contribution < 1.29 is 4.42 Å². The molecule has 0 aromatic carbocycles. The number of furan rings is 1. The highest BCUT2D eigenvalue weighted by Crippen LogP contribution is 2.23. The number of hydrogen-bond acceptors (Lipinski definition) is 7. The van der Waals surface area contributed by atoms with Crippen LogP contribution in [0.25, 0.3) is 28.6 Å². The van der Waals surface area contributed by atoms with Gasteiger partial charge in [-0.25, -0.2) is 9.97 Å². The molecule has 0 aliphatic rings. The van der Waals surface area contributed by atoms with E-state index in [1.807, 2.05) is 18.4 Å². The summed E-state index contributed by atoms with van der Waals surface area (Å²) < 4.78 is 6.82. The van der Waals surface area contributed by atoms with E-state index in [0.717, 1.165) is 5.01 Å². The van der Waals surface area contributed by atoms with E-state index in [1.54, 1.807) is 29.7 Å². The third-order valence-electron chi connectivity index (χ3n) is 2.97. The summed E-state index contributed by atoms with van der Waals surface area (Å²) >= 11 is 1.54. The molecule has 0 bridgehead atoms. The number of fused-ring (bicyclic) bond motifs is 1. The maximum atomic E-state index is 5.96. The quantitative estimate of drug-likeness (QED) is 0.610. The Morgan fingerprint density at radius 3 is 2.86 bits per heavy atom. The van der Waals surface area contributed by atoms with Crippen molar-refractivity contribution in [2.45, 2.75) is 6.92 Å². The van der Waals surface area contributed by atoms with Crippen LogP contribution in [0.2, 0.25) is 0 Å². The standard InChI is InChI=1S/C13H10N6OS/c1-7-15-9(6-21-7)12-16-11-5-8(10-3-2-4-20-10)18-19(11)13(14)17-12/h2-6H,1H3,(H2,14,16,17). The average Bonchev–Trinajstić information content (AvgIpc) is 3.17. The summed E-state index contributed by atoms with van der Waals surface area (Å²) in [6.45, 7) is 1.93. The first-order chi connectivity index (χ1) is 10.2. The van der Waals surface area contributed by atoms with Crippen LogP contribution in [0.15, 0.2) is 34.3 Å². The van der Waals surface area contributed by atoms with Gasteiger partial charge in [-0.3, -0.25) is 0 Å².